The van der Waals surface area contributed by atoms with Crippen molar-refractivity contribution >= 4 is 38.2 Å². The van der Waals surface area contributed by atoms with Gasteiger partial charge in [0.1, 0.15) is 16.6 Å². The van der Waals surface area contributed by atoms with Crippen molar-refractivity contribution in [2.45, 2.75) is 19.4 Å². The number of halogens is 1. The number of benzene rings is 1. The van der Waals surface area contributed by atoms with E-state index in [0.717, 1.165) is 27.1 Å². The summed E-state index contributed by atoms with van der Waals surface area (Å²) >= 11 is 6.42. The van der Waals surface area contributed by atoms with Crippen LogP contribution in [0.15, 0.2) is 52.2 Å². The summed E-state index contributed by atoms with van der Waals surface area (Å²) in [6.45, 7) is 1.98. The molecule has 1 aromatic carbocycles. The van der Waals surface area contributed by atoms with Crippen LogP contribution in [0.1, 0.15) is 29.3 Å². The Labute approximate surface area is 156 Å². The van der Waals surface area contributed by atoms with Gasteiger partial charge in [0.25, 0.3) is 0 Å². The Hall–Kier alpha value is -2.38. The van der Waals surface area contributed by atoms with E-state index in [4.69, 9.17) is 16.0 Å². The van der Waals surface area contributed by atoms with Crippen molar-refractivity contribution in [1.82, 2.24) is 9.40 Å². The van der Waals surface area contributed by atoms with E-state index in [1.807, 2.05) is 31.2 Å². The first-order chi connectivity index (χ1) is 12.3. The number of hydrazone groups is 1. The summed E-state index contributed by atoms with van der Waals surface area (Å²) in [5.74, 6) is 0.543. The maximum Gasteiger partial charge on any atom is 0.247 e. The molecule has 6 nitrogen and oxygen atoms in total. The predicted octanol–water partition coefficient (Wildman–Crippen LogP) is 3.90. The molecule has 134 valence electrons. The molecule has 0 N–H and O–H groups in total. The molecule has 26 heavy (non-hydrogen) atoms. The fraction of sp³-hybridized carbons (Fsp3) is 0.222. The average Bonchev–Trinajstić information content (AvgIpc) is 3.23. The van der Waals surface area contributed by atoms with Crippen molar-refractivity contribution in [1.29, 1.82) is 0 Å². The van der Waals surface area contributed by atoms with E-state index in [1.165, 1.54) is 6.26 Å². The van der Waals surface area contributed by atoms with Crippen LogP contribution in [0.2, 0.25) is 5.15 Å². The minimum absolute atomic E-state index is 0.276. The summed E-state index contributed by atoms with van der Waals surface area (Å²) < 4.78 is 31.0. The molecule has 1 atom stereocenters. The lowest BCUT2D eigenvalue weighted by Crippen LogP contribution is -2.26. The van der Waals surface area contributed by atoms with Crippen LogP contribution >= 0.6 is 11.6 Å². The first-order valence-electron chi connectivity index (χ1n) is 8.00. The standard InChI is InChI=1S/C18H16ClN3O3S/c1-11-5-6-12-9-13(18(19)20-14(12)8-11)16-10-15(17-4-3-7-25-17)21-22(16)26(2,23)24/h3-9,16H,10H2,1-2H3/t16-/m0/s1. The Morgan fingerprint density at radius 3 is 2.77 bits per heavy atom. The van der Waals surface area contributed by atoms with Gasteiger partial charge < -0.3 is 4.42 Å². The molecule has 0 fully saturated rings. The van der Waals surface area contributed by atoms with E-state index in [1.54, 1.807) is 12.1 Å². The molecule has 0 spiro atoms. The molecule has 3 heterocycles. The van der Waals surface area contributed by atoms with E-state index in [2.05, 4.69) is 10.1 Å². The van der Waals surface area contributed by atoms with Crippen molar-refractivity contribution in [3.63, 3.8) is 0 Å². The molecule has 0 saturated heterocycles. The highest BCUT2D eigenvalue weighted by atomic mass is 35.5. The number of furan rings is 1. The molecular formula is C18H16ClN3O3S. The smallest absolute Gasteiger partial charge is 0.247 e. The predicted molar refractivity (Wildman–Crippen MR) is 101 cm³/mol. The molecule has 0 saturated carbocycles. The lowest BCUT2D eigenvalue weighted by atomic mass is 10.0. The van der Waals surface area contributed by atoms with E-state index < -0.39 is 16.1 Å². The Kier molecular flexibility index (Phi) is 4.00. The number of aromatic nitrogens is 1. The van der Waals surface area contributed by atoms with Gasteiger partial charge in [-0.15, -0.1) is 0 Å². The van der Waals surface area contributed by atoms with Gasteiger partial charge in [-0.3, -0.25) is 0 Å². The van der Waals surface area contributed by atoms with Gasteiger partial charge in [0.2, 0.25) is 10.0 Å². The number of hydrogen-bond donors (Lipinski definition) is 0. The second-order valence-corrected chi connectivity index (χ2v) is 8.54. The lowest BCUT2D eigenvalue weighted by molar-refractivity contribution is 0.374. The first-order valence-corrected chi connectivity index (χ1v) is 10.2. The zero-order valence-corrected chi connectivity index (χ0v) is 15.8. The van der Waals surface area contributed by atoms with Crippen molar-refractivity contribution in [2.75, 3.05) is 6.26 Å². The first kappa shape index (κ1) is 17.1. The van der Waals surface area contributed by atoms with Gasteiger partial charge in [-0.1, -0.05) is 23.7 Å². The number of rotatable bonds is 3. The Bertz CT molecular complexity index is 1120. The van der Waals surface area contributed by atoms with Crippen LogP contribution in [0.4, 0.5) is 0 Å². The molecule has 1 aliphatic rings. The highest BCUT2D eigenvalue weighted by Crippen LogP contribution is 2.38. The van der Waals surface area contributed by atoms with E-state index in [9.17, 15) is 8.42 Å². The molecule has 3 aromatic rings. The Morgan fingerprint density at radius 1 is 1.27 bits per heavy atom. The number of hydrogen-bond acceptors (Lipinski definition) is 5. The zero-order chi connectivity index (χ0) is 18.5. The molecule has 2 aromatic heterocycles. The summed E-state index contributed by atoms with van der Waals surface area (Å²) in [5.41, 5.74) is 3.04. The summed E-state index contributed by atoms with van der Waals surface area (Å²) in [6, 6.07) is 10.7. The van der Waals surface area contributed by atoms with E-state index in [0.29, 0.717) is 23.5 Å². The van der Waals surface area contributed by atoms with Gasteiger partial charge in [-0.05, 0) is 36.8 Å². The normalized spacial score (nSPS) is 17.7. The number of sulfonamides is 1. The summed E-state index contributed by atoms with van der Waals surface area (Å²) in [5, 5.41) is 5.45. The fourth-order valence-corrected chi connectivity index (χ4v) is 4.29. The third kappa shape index (κ3) is 2.97. The molecule has 1 aliphatic heterocycles. The SMILES string of the molecule is Cc1ccc2cc([C@@H]3CC(c4ccco4)=NN3S(C)(=O)=O)c(Cl)nc2c1. The minimum Gasteiger partial charge on any atom is -0.463 e. The summed E-state index contributed by atoms with van der Waals surface area (Å²) in [6.07, 6.45) is 3.02. The number of aryl methyl sites for hydroxylation is 1. The molecule has 0 bridgehead atoms. The van der Waals surface area contributed by atoms with Gasteiger partial charge in [-0.25, -0.2) is 13.4 Å². The maximum absolute atomic E-state index is 12.3. The van der Waals surface area contributed by atoms with Gasteiger partial charge in [0.15, 0.2) is 0 Å². The monoisotopic (exact) mass is 389 g/mol. The third-order valence-corrected chi connectivity index (χ3v) is 5.65. The van der Waals surface area contributed by atoms with E-state index in [-0.39, 0.29) is 5.15 Å². The van der Waals surface area contributed by atoms with E-state index >= 15 is 0 Å². The zero-order valence-electron chi connectivity index (χ0n) is 14.2. The molecule has 0 unspecified atom stereocenters. The number of pyridine rings is 1. The second kappa shape index (κ2) is 6.10. The maximum atomic E-state index is 12.3. The molecule has 8 heteroatoms. The van der Waals surface area contributed by atoms with Gasteiger partial charge >= 0.3 is 0 Å². The third-order valence-electron chi connectivity index (χ3n) is 4.33. The van der Waals surface area contributed by atoms with Crippen molar-refractivity contribution in [3.8, 4) is 0 Å². The summed E-state index contributed by atoms with van der Waals surface area (Å²) in [7, 11) is -3.58. The molecule has 4 rings (SSSR count). The number of nitrogens with zero attached hydrogens (tertiary/aromatic N) is 3. The largest absolute Gasteiger partial charge is 0.463 e. The van der Waals surface area contributed by atoms with Crippen molar-refractivity contribution in [3.05, 3.63) is 64.7 Å². The van der Waals surface area contributed by atoms with Crippen LogP contribution in [-0.4, -0.2) is 29.8 Å². The average molecular weight is 390 g/mol. The van der Waals surface area contributed by atoms with Crippen molar-refractivity contribution in [2.24, 2.45) is 5.10 Å². The highest BCUT2D eigenvalue weighted by Gasteiger charge is 2.37. The van der Waals surface area contributed by atoms with Crippen LogP contribution in [-0.2, 0) is 10.0 Å². The Morgan fingerprint density at radius 2 is 2.08 bits per heavy atom. The van der Waals surface area contributed by atoms with Crippen LogP contribution in [0, 0.1) is 6.92 Å². The molecule has 0 amide bonds. The highest BCUT2D eigenvalue weighted by molar-refractivity contribution is 7.88. The Balaban J connectivity index is 1.82. The molecule has 0 radical (unpaired) electrons. The lowest BCUT2D eigenvalue weighted by Gasteiger charge is -2.22. The van der Waals surface area contributed by atoms with Crippen LogP contribution in [0.3, 0.4) is 0 Å². The van der Waals surface area contributed by atoms with Gasteiger partial charge in [0.05, 0.1) is 24.1 Å². The van der Waals surface area contributed by atoms with Crippen LogP contribution in [0.25, 0.3) is 10.9 Å². The quantitative estimate of drug-likeness (QED) is 0.636. The topological polar surface area (TPSA) is 75.8 Å². The summed E-state index contributed by atoms with van der Waals surface area (Å²) in [4.78, 5) is 4.45. The number of fused-ring (bicyclic) bond motifs is 1. The minimum atomic E-state index is -3.58. The van der Waals surface area contributed by atoms with Gasteiger partial charge in [-0.2, -0.15) is 9.52 Å². The van der Waals surface area contributed by atoms with Crippen LogP contribution in [0.5, 0.6) is 0 Å². The van der Waals surface area contributed by atoms with Gasteiger partial charge in [0, 0.05) is 17.4 Å². The fourth-order valence-electron chi connectivity index (χ4n) is 3.12. The van der Waals surface area contributed by atoms with Crippen molar-refractivity contribution < 1.29 is 12.8 Å². The van der Waals surface area contributed by atoms with Crippen LogP contribution < -0.4 is 0 Å². The molecule has 0 aliphatic carbocycles. The molecular weight excluding hydrogens is 374 g/mol. The second-order valence-electron chi connectivity index (χ2n) is 6.34.